The van der Waals surface area contributed by atoms with Crippen LogP contribution in [0.1, 0.15) is 28.8 Å². The summed E-state index contributed by atoms with van der Waals surface area (Å²) in [7, 11) is 0. The molecule has 6 nitrogen and oxygen atoms in total. The van der Waals surface area contributed by atoms with E-state index in [1.54, 1.807) is 23.0 Å². The van der Waals surface area contributed by atoms with Gasteiger partial charge in [-0.2, -0.15) is 5.10 Å². The molecule has 1 aliphatic carbocycles. The van der Waals surface area contributed by atoms with Gasteiger partial charge in [-0.05, 0) is 42.5 Å². The summed E-state index contributed by atoms with van der Waals surface area (Å²) in [5.41, 5.74) is 1.49. The van der Waals surface area contributed by atoms with Crippen LogP contribution in [0, 0.1) is 5.92 Å². The number of rotatable bonds is 6. The number of carbonyl (C=O) groups excluding carboxylic acids is 1. The highest BCUT2D eigenvalue weighted by Crippen LogP contribution is 2.32. The molecule has 1 unspecified atom stereocenters. The third-order valence-electron chi connectivity index (χ3n) is 3.77. The zero-order valence-electron chi connectivity index (χ0n) is 12.0. The molecule has 0 saturated heterocycles. The number of carboxylic acids is 1. The smallest absolute Gasteiger partial charge is 0.326 e. The van der Waals surface area contributed by atoms with Gasteiger partial charge in [0, 0.05) is 18.0 Å². The monoisotopic (exact) mass is 299 g/mol. The maximum atomic E-state index is 12.1. The molecule has 0 bridgehead atoms. The molecule has 1 heterocycles. The molecule has 1 atom stereocenters. The van der Waals surface area contributed by atoms with E-state index in [4.69, 9.17) is 5.11 Å². The van der Waals surface area contributed by atoms with Crippen LogP contribution in [0.15, 0.2) is 42.7 Å². The summed E-state index contributed by atoms with van der Waals surface area (Å²) < 4.78 is 1.79. The molecule has 1 amide bonds. The van der Waals surface area contributed by atoms with Crippen LogP contribution in [0.3, 0.4) is 0 Å². The summed E-state index contributed by atoms with van der Waals surface area (Å²) in [6, 6.07) is 8.19. The predicted octanol–water partition coefficient (Wildman–Crippen LogP) is 1.52. The van der Waals surface area contributed by atoms with Gasteiger partial charge >= 0.3 is 5.97 Å². The van der Waals surface area contributed by atoms with Crippen LogP contribution >= 0.6 is 0 Å². The average Bonchev–Trinajstić information content (AvgIpc) is 3.22. The fourth-order valence-corrected chi connectivity index (χ4v) is 2.38. The Morgan fingerprint density at radius 2 is 2.05 bits per heavy atom. The first-order valence-corrected chi connectivity index (χ1v) is 7.23. The van der Waals surface area contributed by atoms with Crippen LogP contribution in [-0.2, 0) is 11.3 Å². The number of nitrogens with zero attached hydrogens (tertiary/aromatic N) is 2. The quantitative estimate of drug-likeness (QED) is 0.847. The number of hydrogen-bond acceptors (Lipinski definition) is 3. The average molecular weight is 299 g/mol. The van der Waals surface area contributed by atoms with Crippen LogP contribution < -0.4 is 5.32 Å². The van der Waals surface area contributed by atoms with Crippen molar-refractivity contribution in [2.24, 2.45) is 5.92 Å². The predicted molar refractivity (Wildman–Crippen MR) is 79.4 cm³/mol. The fourth-order valence-electron chi connectivity index (χ4n) is 2.38. The van der Waals surface area contributed by atoms with Gasteiger partial charge in [-0.15, -0.1) is 0 Å². The summed E-state index contributed by atoms with van der Waals surface area (Å²) in [4.78, 5) is 23.3. The van der Waals surface area contributed by atoms with Gasteiger partial charge in [0.15, 0.2) is 0 Å². The Morgan fingerprint density at radius 1 is 1.32 bits per heavy atom. The Labute approximate surface area is 127 Å². The van der Waals surface area contributed by atoms with Gasteiger partial charge in [-0.1, -0.05) is 12.1 Å². The molecule has 1 aromatic heterocycles. The minimum Gasteiger partial charge on any atom is -0.480 e. The van der Waals surface area contributed by atoms with Gasteiger partial charge in [0.05, 0.1) is 6.54 Å². The molecule has 0 radical (unpaired) electrons. The highest BCUT2D eigenvalue weighted by molar-refractivity contribution is 5.96. The Kier molecular flexibility index (Phi) is 3.91. The SMILES string of the molecule is O=C(NC(C(=O)O)C1CC1)c1ccc(Cn2cccn2)cc1. The van der Waals surface area contributed by atoms with Crippen LogP contribution in [0.4, 0.5) is 0 Å². The zero-order chi connectivity index (χ0) is 15.5. The van der Waals surface area contributed by atoms with E-state index in [9.17, 15) is 9.59 Å². The maximum absolute atomic E-state index is 12.1. The molecule has 1 aliphatic rings. The lowest BCUT2D eigenvalue weighted by Gasteiger charge is -2.13. The molecule has 1 fully saturated rings. The lowest BCUT2D eigenvalue weighted by molar-refractivity contribution is -0.139. The molecular formula is C16H17N3O3. The van der Waals surface area contributed by atoms with E-state index in [1.807, 2.05) is 24.4 Å². The number of hydrogen-bond donors (Lipinski definition) is 2. The van der Waals surface area contributed by atoms with E-state index in [0.29, 0.717) is 12.1 Å². The molecule has 6 heteroatoms. The van der Waals surface area contributed by atoms with E-state index >= 15 is 0 Å². The van der Waals surface area contributed by atoms with Gasteiger partial charge in [-0.3, -0.25) is 9.48 Å². The van der Waals surface area contributed by atoms with Crippen molar-refractivity contribution >= 4 is 11.9 Å². The van der Waals surface area contributed by atoms with E-state index in [2.05, 4.69) is 10.4 Å². The summed E-state index contributed by atoms with van der Waals surface area (Å²) in [6.07, 6.45) is 5.31. The molecule has 0 aliphatic heterocycles. The van der Waals surface area contributed by atoms with E-state index in [-0.39, 0.29) is 11.8 Å². The van der Waals surface area contributed by atoms with E-state index < -0.39 is 12.0 Å². The van der Waals surface area contributed by atoms with Gasteiger partial charge in [-0.25, -0.2) is 4.79 Å². The van der Waals surface area contributed by atoms with Crippen molar-refractivity contribution < 1.29 is 14.7 Å². The molecule has 2 aromatic rings. The number of carboxylic acid groups (broad SMARTS) is 1. The van der Waals surface area contributed by atoms with Crippen molar-refractivity contribution in [3.8, 4) is 0 Å². The molecule has 0 spiro atoms. The van der Waals surface area contributed by atoms with Crippen molar-refractivity contribution in [2.45, 2.75) is 25.4 Å². The second kappa shape index (κ2) is 6.01. The Bertz CT molecular complexity index is 660. The normalized spacial score (nSPS) is 15.3. The van der Waals surface area contributed by atoms with Gasteiger partial charge in [0.2, 0.25) is 0 Å². The standard InChI is InChI=1S/C16H17N3O3/c20-15(18-14(16(21)22)12-6-7-12)13-4-2-11(3-5-13)10-19-9-1-8-17-19/h1-5,8-9,12,14H,6-7,10H2,(H,18,20)(H,21,22). The summed E-state index contributed by atoms with van der Waals surface area (Å²) >= 11 is 0. The third-order valence-corrected chi connectivity index (χ3v) is 3.77. The van der Waals surface area contributed by atoms with Crippen LogP contribution in [0.2, 0.25) is 0 Å². The van der Waals surface area contributed by atoms with E-state index in [0.717, 1.165) is 18.4 Å². The molecule has 3 rings (SSSR count). The number of amides is 1. The largest absolute Gasteiger partial charge is 0.480 e. The van der Waals surface area contributed by atoms with Crippen molar-refractivity contribution in [1.82, 2.24) is 15.1 Å². The summed E-state index contributed by atoms with van der Waals surface area (Å²) in [5, 5.41) is 15.9. The Hall–Kier alpha value is -2.63. The van der Waals surface area contributed by atoms with Crippen LogP contribution in [0.5, 0.6) is 0 Å². The number of benzene rings is 1. The van der Waals surface area contributed by atoms with Crippen molar-refractivity contribution in [2.75, 3.05) is 0 Å². The maximum Gasteiger partial charge on any atom is 0.326 e. The molecule has 114 valence electrons. The van der Waals surface area contributed by atoms with Gasteiger partial charge in [0.25, 0.3) is 5.91 Å². The van der Waals surface area contributed by atoms with Crippen molar-refractivity contribution in [1.29, 1.82) is 0 Å². The molecular weight excluding hydrogens is 282 g/mol. The van der Waals surface area contributed by atoms with Gasteiger partial charge in [0.1, 0.15) is 6.04 Å². The van der Waals surface area contributed by atoms with Crippen molar-refractivity contribution in [3.05, 3.63) is 53.9 Å². The highest BCUT2D eigenvalue weighted by Gasteiger charge is 2.37. The lowest BCUT2D eigenvalue weighted by Crippen LogP contribution is -2.42. The number of nitrogens with one attached hydrogen (secondary N) is 1. The molecule has 1 aromatic carbocycles. The van der Waals surface area contributed by atoms with Crippen LogP contribution in [-0.4, -0.2) is 32.8 Å². The third kappa shape index (κ3) is 3.33. The highest BCUT2D eigenvalue weighted by atomic mass is 16.4. The Morgan fingerprint density at radius 3 is 2.59 bits per heavy atom. The molecule has 1 saturated carbocycles. The lowest BCUT2D eigenvalue weighted by atomic mass is 10.1. The minimum absolute atomic E-state index is 0.0699. The number of carbonyl (C=O) groups is 2. The first kappa shape index (κ1) is 14.3. The first-order valence-electron chi connectivity index (χ1n) is 7.23. The van der Waals surface area contributed by atoms with Crippen molar-refractivity contribution in [3.63, 3.8) is 0 Å². The van der Waals surface area contributed by atoms with Gasteiger partial charge < -0.3 is 10.4 Å². The minimum atomic E-state index is -0.967. The second-order valence-corrected chi connectivity index (χ2v) is 5.53. The topological polar surface area (TPSA) is 84.2 Å². The number of aliphatic carboxylic acids is 1. The number of aromatic nitrogens is 2. The Balaban J connectivity index is 1.64. The molecule has 2 N–H and O–H groups in total. The first-order chi connectivity index (χ1) is 10.6. The summed E-state index contributed by atoms with van der Waals surface area (Å²) in [5.74, 6) is -1.24. The van der Waals surface area contributed by atoms with Crippen LogP contribution in [0.25, 0.3) is 0 Å². The second-order valence-electron chi connectivity index (χ2n) is 5.53. The van der Waals surface area contributed by atoms with E-state index in [1.165, 1.54) is 0 Å². The fraction of sp³-hybridized carbons (Fsp3) is 0.312. The summed E-state index contributed by atoms with van der Waals surface area (Å²) in [6.45, 7) is 0.634. The zero-order valence-corrected chi connectivity index (χ0v) is 12.0. The molecule has 22 heavy (non-hydrogen) atoms.